The van der Waals surface area contributed by atoms with Crippen LogP contribution in [0.1, 0.15) is 48.0 Å². The lowest BCUT2D eigenvalue weighted by atomic mass is 9.82. The molecule has 2 aliphatic heterocycles. The topological polar surface area (TPSA) is 77.0 Å². The molecule has 1 atom stereocenters. The Morgan fingerprint density at radius 3 is 2.18 bits per heavy atom. The summed E-state index contributed by atoms with van der Waals surface area (Å²) in [7, 11) is 3.37. The number of rotatable bonds is 6. The van der Waals surface area contributed by atoms with Crippen molar-refractivity contribution in [3.8, 4) is 0 Å². The number of halogens is 4. The predicted molar refractivity (Wildman–Crippen MR) is 143 cm³/mol. The van der Waals surface area contributed by atoms with Crippen LogP contribution in [0.4, 0.5) is 18.9 Å². The van der Waals surface area contributed by atoms with E-state index in [4.69, 9.17) is 11.6 Å². The molecule has 39 heavy (non-hydrogen) atoms. The van der Waals surface area contributed by atoms with Gasteiger partial charge in [-0.3, -0.25) is 14.6 Å². The van der Waals surface area contributed by atoms with Crippen molar-refractivity contribution in [3.63, 3.8) is 0 Å². The molecule has 0 radical (unpaired) electrons. The van der Waals surface area contributed by atoms with Gasteiger partial charge in [0.2, 0.25) is 0 Å². The largest absolute Gasteiger partial charge is 0.430 e. The van der Waals surface area contributed by atoms with Gasteiger partial charge >= 0.3 is 6.18 Å². The summed E-state index contributed by atoms with van der Waals surface area (Å²) in [5.41, 5.74) is -2.73. The third-order valence-electron chi connectivity index (χ3n) is 7.94. The molecule has 1 unspecified atom stereocenters. The first kappa shape index (κ1) is 29.1. The second kappa shape index (κ2) is 11.7. The SMILES string of the molecule is CN(C)C(=O)c1ccc(N2CCC(CC3CCN(C(=O)C(O)(c4cccnc4)C(F)(F)F)CC3)CC2)cc1Cl. The van der Waals surface area contributed by atoms with Crippen molar-refractivity contribution in [1.82, 2.24) is 14.8 Å². The van der Waals surface area contributed by atoms with E-state index < -0.39 is 23.2 Å². The van der Waals surface area contributed by atoms with Crippen LogP contribution in [-0.2, 0) is 10.4 Å². The second-order valence-electron chi connectivity index (χ2n) is 10.7. The Bertz CT molecular complexity index is 1160. The zero-order chi connectivity index (χ0) is 28.4. The standard InChI is InChI=1S/C28H34ClF3N4O3/c1-34(2)25(37)23-6-5-22(17-24(23)29)35-12-7-19(8-13-35)16-20-9-14-36(15-10-20)26(38)27(39,28(30,31)32)21-4-3-11-33-18-21/h3-6,11,17-20,39H,7-10,12-16H2,1-2H3. The Morgan fingerprint density at radius 1 is 1.05 bits per heavy atom. The normalized spacial score (nSPS) is 19.1. The fourth-order valence-electron chi connectivity index (χ4n) is 5.60. The van der Waals surface area contributed by atoms with Crippen LogP contribution in [0.15, 0.2) is 42.7 Å². The number of anilines is 1. The first-order valence-corrected chi connectivity index (χ1v) is 13.5. The number of carbonyl (C=O) groups is 2. The number of hydrogen-bond acceptors (Lipinski definition) is 5. The van der Waals surface area contributed by atoms with Gasteiger partial charge in [0.25, 0.3) is 17.4 Å². The van der Waals surface area contributed by atoms with Crippen LogP contribution in [-0.4, -0.2) is 78.2 Å². The zero-order valence-corrected chi connectivity index (χ0v) is 22.9. The summed E-state index contributed by atoms with van der Waals surface area (Å²) in [6.45, 7) is 2.06. The van der Waals surface area contributed by atoms with E-state index in [9.17, 15) is 27.9 Å². The van der Waals surface area contributed by atoms with E-state index in [1.807, 2.05) is 12.1 Å². The highest BCUT2D eigenvalue weighted by Gasteiger charge is 2.62. The average molecular weight is 567 g/mol. The van der Waals surface area contributed by atoms with Crippen molar-refractivity contribution in [2.24, 2.45) is 11.8 Å². The number of likely N-dealkylation sites (tertiary alicyclic amines) is 1. The molecule has 7 nitrogen and oxygen atoms in total. The number of aliphatic hydroxyl groups is 1. The predicted octanol–water partition coefficient (Wildman–Crippen LogP) is 4.73. The summed E-state index contributed by atoms with van der Waals surface area (Å²) in [5, 5.41) is 11.0. The lowest BCUT2D eigenvalue weighted by Crippen LogP contribution is -2.57. The molecule has 11 heteroatoms. The van der Waals surface area contributed by atoms with Crippen LogP contribution in [0.5, 0.6) is 0 Å². The van der Waals surface area contributed by atoms with E-state index in [0.717, 1.165) is 55.2 Å². The molecule has 0 spiro atoms. The van der Waals surface area contributed by atoms with Crippen LogP contribution in [0.2, 0.25) is 5.02 Å². The van der Waals surface area contributed by atoms with Crippen LogP contribution in [0.25, 0.3) is 0 Å². The van der Waals surface area contributed by atoms with E-state index in [1.54, 1.807) is 20.2 Å². The summed E-state index contributed by atoms with van der Waals surface area (Å²) >= 11 is 6.38. The van der Waals surface area contributed by atoms with Gasteiger partial charge < -0.3 is 19.8 Å². The highest BCUT2D eigenvalue weighted by Crippen LogP contribution is 2.41. The first-order chi connectivity index (χ1) is 18.4. The summed E-state index contributed by atoms with van der Waals surface area (Å²) in [5.74, 6) is -0.681. The summed E-state index contributed by atoms with van der Waals surface area (Å²) in [6.07, 6.45) is 1.13. The smallest absolute Gasteiger partial charge is 0.371 e. The minimum atomic E-state index is -5.16. The monoisotopic (exact) mass is 566 g/mol. The number of aromatic nitrogens is 1. The van der Waals surface area contributed by atoms with E-state index in [-0.39, 0.29) is 19.0 Å². The van der Waals surface area contributed by atoms with Gasteiger partial charge in [0, 0.05) is 63.9 Å². The highest BCUT2D eigenvalue weighted by molar-refractivity contribution is 6.34. The van der Waals surface area contributed by atoms with Gasteiger partial charge in [0.05, 0.1) is 10.6 Å². The molecule has 2 saturated heterocycles. The summed E-state index contributed by atoms with van der Waals surface area (Å²) in [6, 6.07) is 7.85. The van der Waals surface area contributed by atoms with E-state index in [2.05, 4.69) is 9.88 Å². The third-order valence-corrected chi connectivity index (χ3v) is 8.25. The molecule has 3 heterocycles. The molecular weight excluding hydrogens is 533 g/mol. The van der Waals surface area contributed by atoms with Crippen molar-refractivity contribution in [2.45, 2.75) is 43.9 Å². The number of nitrogens with zero attached hydrogens (tertiary/aromatic N) is 4. The first-order valence-electron chi connectivity index (χ1n) is 13.2. The molecule has 1 aromatic heterocycles. The molecule has 2 aromatic rings. The molecule has 0 aliphatic carbocycles. The van der Waals surface area contributed by atoms with Crippen molar-refractivity contribution >= 4 is 29.1 Å². The molecule has 2 amide bonds. The maximum Gasteiger partial charge on any atom is 0.430 e. The lowest BCUT2D eigenvalue weighted by molar-refractivity contribution is -0.262. The Labute approximate surface area is 231 Å². The van der Waals surface area contributed by atoms with Crippen molar-refractivity contribution in [2.75, 3.05) is 45.2 Å². The van der Waals surface area contributed by atoms with Gasteiger partial charge in [-0.25, -0.2) is 0 Å². The van der Waals surface area contributed by atoms with E-state index >= 15 is 0 Å². The average Bonchev–Trinajstić information content (AvgIpc) is 2.92. The van der Waals surface area contributed by atoms with Gasteiger partial charge in [0.15, 0.2) is 0 Å². The van der Waals surface area contributed by atoms with Crippen molar-refractivity contribution < 1.29 is 27.9 Å². The molecule has 212 valence electrons. The van der Waals surface area contributed by atoms with Gasteiger partial charge in [-0.15, -0.1) is 0 Å². The Kier molecular flexibility index (Phi) is 8.75. The lowest BCUT2D eigenvalue weighted by Gasteiger charge is -2.40. The Morgan fingerprint density at radius 2 is 1.67 bits per heavy atom. The molecule has 2 aliphatic rings. The van der Waals surface area contributed by atoms with Crippen LogP contribution < -0.4 is 4.90 Å². The number of benzene rings is 1. The molecule has 4 rings (SSSR count). The molecular formula is C28H34ClF3N4O3. The maximum absolute atomic E-state index is 13.9. The maximum atomic E-state index is 13.9. The van der Waals surface area contributed by atoms with Gasteiger partial charge in [0.1, 0.15) is 0 Å². The minimum Gasteiger partial charge on any atom is -0.371 e. The highest BCUT2D eigenvalue weighted by atomic mass is 35.5. The molecule has 2 fully saturated rings. The van der Waals surface area contributed by atoms with E-state index in [1.165, 1.54) is 17.2 Å². The number of amides is 2. The number of alkyl halides is 3. The van der Waals surface area contributed by atoms with Crippen LogP contribution in [0, 0.1) is 11.8 Å². The second-order valence-corrected chi connectivity index (χ2v) is 11.1. The van der Waals surface area contributed by atoms with E-state index in [0.29, 0.717) is 35.3 Å². The van der Waals surface area contributed by atoms with Gasteiger partial charge in [-0.05, 0) is 68.2 Å². The number of hydrogen-bond donors (Lipinski definition) is 1. The van der Waals surface area contributed by atoms with Gasteiger partial charge in [-0.2, -0.15) is 13.2 Å². The molecule has 1 N–H and O–H groups in total. The fourth-order valence-corrected chi connectivity index (χ4v) is 5.85. The Balaban J connectivity index is 1.29. The quantitative estimate of drug-likeness (QED) is 0.547. The number of carbonyl (C=O) groups excluding carboxylic acids is 2. The molecule has 0 saturated carbocycles. The van der Waals surface area contributed by atoms with Crippen molar-refractivity contribution in [1.29, 1.82) is 0 Å². The number of pyridine rings is 1. The Hall–Kier alpha value is -2.85. The number of piperidine rings is 2. The molecule has 1 aromatic carbocycles. The zero-order valence-electron chi connectivity index (χ0n) is 22.1. The minimum absolute atomic E-state index is 0.141. The van der Waals surface area contributed by atoms with Gasteiger partial charge in [-0.1, -0.05) is 17.7 Å². The third kappa shape index (κ3) is 6.17. The van der Waals surface area contributed by atoms with Crippen LogP contribution >= 0.6 is 11.6 Å². The summed E-state index contributed by atoms with van der Waals surface area (Å²) in [4.78, 5) is 33.7. The fraction of sp³-hybridized carbons (Fsp3) is 0.536. The summed E-state index contributed by atoms with van der Waals surface area (Å²) < 4.78 is 41.7. The van der Waals surface area contributed by atoms with Crippen LogP contribution in [0.3, 0.4) is 0 Å². The van der Waals surface area contributed by atoms with Crippen molar-refractivity contribution in [3.05, 3.63) is 58.9 Å². The molecule has 0 bridgehead atoms.